The van der Waals surface area contributed by atoms with E-state index in [0.717, 1.165) is 0 Å². The fourth-order valence-corrected chi connectivity index (χ4v) is 1.48. The van der Waals surface area contributed by atoms with Crippen LogP contribution in [0.4, 0.5) is 0 Å². The minimum atomic E-state index is -1.43. The molecule has 0 radical (unpaired) electrons. The van der Waals surface area contributed by atoms with Gasteiger partial charge in [-0.3, -0.25) is 0 Å². The number of rotatable bonds is 2. The topological polar surface area (TPSA) is 86.4 Å². The second-order valence-electron chi connectivity index (χ2n) is 4.23. The first kappa shape index (κ1) is 21.0. The quantitative estimate of drug-likeness (QED) is 0.586. The summed E-state index contributed by atoms with van der Waals surface area (Å²) in [5.74, 6) is -1.43. The first-order valence-electron chi connectivity index (χ1n) is 5.63. The van der Waals surface area contributed by atoms with Crippen molar-refractivity contribution < 1.29 is 32.3 Å². The molecular weight excluding hydrogens is 357 g/mol. The molecular formula is C13H21ClNO3Rh. The number of aliphatic carboxylic acids is 1. The molecule has 0 amide bonds. The average Bonchev–Trinajstić information content (AvgIpc) is 2.59. The molecule has 0 aliphatic rings. The Kier molecular flexibility index (Phi) is 11.5. The fourth-order valence-electron chi connectivity index (χ4n) is 1.48. The van der Waals surface area contributed by atoms with Gasteiger partial charge in [0.15, 0.2) is 0 Å². The normalized spacial score (nSPS) is 10.8. The number of carbonyl (C=O) groups excluding carboxylic acids is 1. The molecule has 0 fully saturated rings. The van der Waals surface area contributed by atoms with Gasteiger partial charge in [-0.15, -0.1) is 0 Å². The Hall–Kier alpha value is -0.347. The Morgan fingerprint density at radius 3 is 1.68 bits per heavy atom. The molecule has 1 rings (SSSR count). The van der Waals surface area contributed by atoms with Crippen molar-refractivity contribution in [2.45, 2.75) is 40.7 Å². The van der Waals surface area contributed by atoms with Gasteiger partial charge in [0.05, 0.1) is 18.6 Å². The number of hydrogen-bond donors (Lipinski definition) is 2. The Bertz CT molecular complexity index is 325. The molecule has 1 atom stereocenters. The van der Waals surface area contributed by atoms with Crippen molar-refractivity contribution in [3.63, 3.8) is 0 Å². The first-order chi connectivity index (χ1) is 8.73. The van der Waals surface area contributed by atoms with Gasteiger partial charge in [0.2, 0.25) is 0 Å². The maximum absolute atomic E-state index is 9.53. The van der Waals surface area contributed by atoms with Crippen LogP contribution in [0.15, 0.2) is 0 Å². The van der Waals surface area contributed by atoms with Crippen molar-refractivity contribution >= 4 is 15.7 Å². The van der Waals surface area contributed by atoms with Gasteiger partial charge < -0.3 is 20.7 Å². The molecule has 19 heavy (non-hydrogen) atoms. The van der Waals surface area contributed by atoms with Crippen molar-refractivity contribution in [3.05, 3.63) is 27.8 Å². The van der Waals surface area contributed by atoms with Crippen molar-refractivity contribution in [1.82, 2.24) is 0 Å². The van der Waals surface area contributed by atoms with Crippen molar-refractivity contribution in [1.29, 1.82) is 0 Å². The third kappa shape index (κ3) is 6.57. The summed E-state index contributed by atoms with van der Waals surface area (Å²) in [6.45, 7) is 10.4. The molecule has 0 bridgehead atoms. The summed E-state index contributed by atoms with van der Waals surface area (Å²) >= 11 is 2.02. The molecule has 0 saturated heterocycles. The van der Waals surface area contributed by atoms with E-state index in [1.807, 2.05) is 17.3 Å². The zero-order valence-electron chi connectivity index (χ0n) is 11.8. The van der Waals surface area contributed by atoms with Crippen molar-refractivity contribution in [3.8, 4) is 0 Å². The van der Waals surface area contributed by atoms with Gasteiger partial charge in [-0.2, -0.15) is 27.8 Å². The fraction of sp³-hybridized carbons (Fsp3) is 0.538. The number of hydrogen-bond acceptors (Lipinski definition) is 4. The van der Waals surface area contributed by atoms with Crippen LogP contribution in [0.25, 0.3) is 0 Å². The van der Waals surface area contributed by atoms with Crippen molar-refractivity contribution in [2.24, 2.45) is 5.73 Å². The number of aliphatic hydroxyl groups excluding tert-OH is 1. The summed E-state index contributed by atoms with van der Waals surface area (Å²) in [5.41, 5.74) is 12.0. The maximum atomic E-state index is 9.53. The molecule has 0 aromatic heterocycles. The van der Waals surface area contributed by atoms with Gasteiger partial charge in [0.1, 0.15) is 0 Å². The second-order valence-corrected chi connectivity index (χ2v) is 4.23. The number of nitrogens with two attached hydrogens (primary N) is 1. The van der Waals surface area contributed by atoms with Gasteiger partial charge in [0, 0.05) is 0 Å². The van der Waals surface area contributed by atoms with Crippen LogP contribution in [-0.2, 0) is 22.1 Å². The van der Waals surface area contributed by atoms with Crippen LogP contribution in [0.2, 0.25) is 0 Å². The van der Waals surface area contributed by atoms with E-state index in [-0.39, 0.29) is 0 Å². The second kappa shape index (κ2) is 10.4. The van der Waals surface area contributed by atoms with Gasteiger partial charge >= 0.3 is 27.0 Å². The zero-order valence-corrected chi connectivity index (χ0v) is 14.2. The summed E-state index contributed by atoms with van der Waals surface area (Å²) < 4.78 is 0. The molecule has 1 aromatic carbocycles. The summed E-state index contributed by atoms with van der Waals surface area (Å²) in [4.78, 5) is 9.53. The molecule has 0 spiro atoms. The number of carboxylic acid groups (broad SMARTS) is 1. The Morgan fingerprint density at radius 1 is 1.32 bits per heavy atom. The van der Waals surface area contributed by atoms with Gasteiger partial charge in [0.25, 0.3) is 0 Å². The molecule has 0 saturated carbocycles. The van der Waals surface area contributed by atoms with E-state index in [9.17, 15) is 9.90 Å². The number of carbonyl (C=O) groups is 1. The van der Waals surface area contributed by atoms with E-state index >= 15 is 0 Å². The van der Waals surface area contributed by atoms with E-state index in [1.165, 1.54) is 27.8 Å². The van der Waals surface area contributed by atoms with Crippen LogP contribution in [0, 0.1) is 34.6 Å². The Balaban J connectivity index is 0. The minimum absolute atomic E-state index is 0.567. The van der Waals surface area contributed by atoms with E-state index in [1.54, 1.807) is 0 Å². The standard InChI is InChI=1S/C10H15.C3H7NO3.ClH.Rh/c1-6-7(2)9(4)10(5)8(6)3;4-2(1-5)3(6)7;;/h1-5H3;2,5H,1,4H2,(H,6,7);1H;/q-1;;;+3/p-2/t;2-;;/m.0../s1. The third-order valence-corrected chi connectivity index (χ3v) is 3.31. The van der Waals surface area contributed by atoms with E-state index in [2.05, 4.69) is 44.3 Å². The summed E-state index contributed by atoms with van der Waals surface area (Å²) in [6, 6.07) is -1.24. The van der Waals surface area contributed by atoms with E-state index < -0.39 is 18.6 Å². The molecule has 0 aliphatic carbocycles. The summed E-state index contributed by atoms with van der Waals surface area (Å²) in [6.07, 6.45) is 0. The number of halogens is 1. The number of carboxylic acids is 1. The molecule has 0 unspecified atom stereocenters. The molecule has 6 heteroatoms. The van der Waals surface area contributed by atoms with E-state index in [0.29, 0.717) is 0 Å². The number of aliphatic hydroxyl groups is 1. The molecule has 0 heterocycles. The van der Waals surface area contributed by atoms with Crippen LogP contribution in [0.1, 0.15) is 27.8 Å². The third-order valence-electron chi connectivity index (χ3n) is 3.31. The van der Waals surface area contributed by atoms with Crippen molar-refractivity contribution in [2.75, 3.05) is 6.61 Å². The molecule has 0 aliphatic heterocycles. The predicted molar refractivity (Wildman–Crippen MR) is 71.6 cm³/mol. The Morgan fingerprint density at radius 2 is 1.63 bits per heavy atom. The van der Waals surface area contributed by atoms with Crippen LogP contribution in [0.5, 0.6) is 0 Å². The van der Waals surface area contributed by atoms with Crippen LogP contribution >= 0.6 is 9.69 Å². The van der Waals surface area contributed by atoms with Crippen LogP contribution < -0.4 is 10.8 Å². The first-order valence-corrected chi connectivity index (χ1v) is 7.74. The predicted octanol–water partition coefficient (Wildman–Crippen LogP) is 0.691. The summed E-state index contributed by atoms with van der Waals surface area (Å²) in [7, 11) is 4.53. The average molecular weight is 378 g/mol. The Labute approximate surface area is 129 Å². The molecule has 4 nitrogen and oxygen atoms in total. The molecule has 112 valence electrons. The van der Waals surface area contributed by atoms with Gasteiger partial charge in [-0.1, -0.05) is 34.6 Å². The molecule has 1 aromatic rings. The SMILES string of the molecule is Cc1c(C)c(C)[c-](C)c1C.N[C@@H](CO)C(=O)[O-].[Cl][Rh+2]. The van der Waals surface area contributed by atoms with Gasteiger partial charge in [-0.25, -0.2) is 0 Å². The van der Waals surface area contributed by atoms with Crippen LogP contribution in [0.3, 0.4) is 0 Å². The molecule has 3 N–H and O–H groups in total. The zero-order chi connectivity index (χ0) is 15.7. The monoisotopic (exact) mass is 377 g/mol. The summed E-state index contributed by atoms with van der Waals surface area (Å²) in [5, 5.41) is 17.5. The van der Waals surface area contributed by atoms with E-state index in [4.69, 9.17) is 10.8 Å². The van der Waals surface area contributed by atoms with Crippen LogP contribution in [-0.4, -0.2) is 23.7 Å². The van der Waals surface area contributed by atoms with Gasteiger partial charge in [-0.05, 0) is 0 Å².